The van der Waals surface area contributed by atoms with Gasteiger partial charge in [0, 0.05) is 27.8 Å². The van der Waals surface area contributed by atoms with Crippen LogP contribution in [0, 0.1) is 0 Å². The topological polar surface area (TPSA) is 16.4 Å². The van der Waals surface area contributed by atoms with Gasteiger partial charge in [0.1, 0.15) is 11.2 Å². The molecule has 0 bridgehead atoms. The van der Waals surface area contributed by atoms with E-state index in [1.807, 2.05) is 12.1 Å². The molecule has 0 amide bonds. The molecule has 0 saturated carbocycles. The Kier molecular flexibility index (Phi) is 8.53. The first kappa shape index (κ1) is 35.7. The Morgan fingerprint density at radius 1 is 0.258 bits per heavy atom. The zero-order valence-corrected chi connectivity index (χ0v) is 33.9. The lowest BCUT2D eigenvalue weighted by Gasteiger charge is -2.27. The summed E-state index contributed by atoms with van der Waals surface area (Å²) in [7, 11) is 0. The van der Waals surface area contributed by atoms with Crippen molar-refractivity contribution in [2.45, 2.75) is 0 Å². The Labute approximate surface area is 360 Å². The van der Waals surface area contributed by atoms with Crippen LogP contribution in [0.5, 0.6) is 0 Å². The quantitative estimate of drug-likeness (QED) is 0.150. The van der Waals surface area contributed by atoms with Gasteiger partial charge in [-0.15, -0.1) is 0 Å². The average Bonchev–Trinajstić information content (AvgIpc) is 3.73. The van der Waals surface area contributed by atoms with Crippen molar-refractivity contribution in [3.63, 3.8) is 0 Å². The van der Waals surface area contributed by atoms with Gasteiger partial charge >= 0.3 is 0 Å². The number of fused-ring (bicyclic) bond motifs is 7. The summed E-state index contributed by atoms with van der Waals surface area (Å²) in [6.07, 6.45) is 0. The minimum Gasteiger partial charge on any atom is -0.456 e. The minimum atomic E-state index is 0.891. The molecule has 0 N–H and O–H groups in total. The summed E-state index contributed by atoms with van der Waals surface area (Å²) in [6.45, 7) is 0. The molecule has 0 aliphatic carbocycles. The van der Waals surface area contributed by atoms with Crippen molar-refractivity contribution in [3.8, 4) is 44.5 Å². The van der Waals surface area contributed by atoms with E-state index in [4.69, 9.17) is 4.42 Å². The first-order valence-electron chi connectivity index (χ1n) is 21.2. The zero-order chi connectivity index (χ0) is 41.0. The van der Waals surface area contributed by atoms with Gasteiger partial charge in [0.25, 0.3) is 0 Å². The molecular formula is C60H39NO. The fourth-order valence-corrected chi connectivity index (χ4v) is 9.40. The van der Waals surface area contributed by atoms with Crippen LogP contribution in [0.2, 0.25) is 0 Å². The van der Waals surface area contributed by atoms with E-state index in [-0.39, 0.29) is 0 Å². The summed E-state index contributed by atoms with van der Waals surface area (Å²) in [4.78, 5) is 2.38. The number of benzene rings is 11. The lowest BCUT2D eigenvalue weighted by atomic mass is 9.96. The molecule has 12 aromatic rings. The van der Waals surface area contributed by atoms with Crippen molar-refractivity contribution in [1.82, 2.24) is 0 Å². The van der Waals surface area contributed by atoms with Crippen molar-refractivity contribution >= 4 is 71.3 Å². The Morgan fingerprint density at radius 3 is 1.55 bits per heavy atom. The predicted molar refractivity (Wildman–Crippen MR) is 263 cm³/mol. The maximum absolute atomic E-state index is 6.32. The van der Waals surface area contributed by atoms with Gasteiger partial charge in [-0.1, -0.05) is 182 Å². The van der Waals surface area contributed by atoms with E-state index in [1.54, 1.807) is 0 Å². The van der Waals surface area contributed by atoms with Crippen molar-refractivity contribution in [2.24, 2.45) is 0 Å². The van der Waals surface area contributed by atoms with Crippen LogP contribution < -0.4 is 4.90 Å². The Morgan fingerprint density at radius 2 is 0.758 bits per heavy atom. The Bertz CT molecular complexity index is 3630. The largest absolute Gasteiger partial charge is 0.456 e. The van der Waals surface area contributed by atoms with Crippen molar-refractivity contribution in [3.05, 3.63) is 237 Å². The lowest BCUT2D eigenvalue weighted by molar-refractivity contribution is 0.669. The number of para-hydroxylation sites is 1. The van der Waals surface area contributed by atoms with Gasteiger partial charge in [0.05, 0.1) is 0 Å². The van der Waals surface area contributed by atoms with Crippen LogP contribution in [0.4, 0.5) is 17.1 Å². The second-order valence-corrected chi connectivity index (χ2v) is 16.1. The molecule has 0 radical (unpaired) electrons. The molecule has 1 heterocycles. The van der Waals surface area contributed by atoms with E-state index in [0.717, 1.165) is 55.7 Å². The minimum absolute atomic E-state index is 0.891. The lowest BCUT2D eigenvalue weighted by Crippen LogP contribution is -2.10. The highest BCUT2D eigenvalue weighted by molar-refractivity contribution is 6.13. The maximum atomic E-state index is 6.32. The molecule has 1 aromatic heterocycles. The molecule has 0 saturated heterocycles. The maximum Gasteiger partial charge on any atom is 0.136 e. The van der Waals surface area contributed by atoms with Crippen LogP contribution in [-0.2, 0) is 0 Å². The third kappa shape index (κ3) is 6.20. The number of furan rings is 1. The normalized spacial score (nSPS) is 11.5. The van der Waals surface area contributed by atoms with E-state index in [9.17, 15) is 0 Å². The van der Waals surface area contributed by atoms with Gasteiger partial charge in [-0.25, -0.2) is 0 Å². The van der Waals surface area contributed by atoms with Crippen molar-refractivity contribution in [1.29, 1.82) is 0 Å². The third-order valence-corrected chi connectivity index (χ3v) is 12.4. The Balaban J connectivity index is 0.961. The molecule has 2 heteroatoms. The van der Waals surface area contributed by atoms with E-state index in [0.29, 0.717) is 0 Å². The van der Waals surface area contributed by atoms with Gasteiger partial charge in [0.15, 0.2) is 0 Å². The van der Waals surface area contributed by atoms with Crippen LogP contribution in [0.15, 0.2) is 241 Å². The fourth-order valence-electron chi connectivity index (χ4n) is 9.40. The average molecular weight is 790 g/mol. The highest BCUT2D eigenvalue weighted by Crippen LogP contribution is 2.42. The Hall–Kier alpha value is -8.20. The standard InChI is InChI=1S/C60H39NO/c1-3-18-52-42(11-1)13-9-21-53(52)44-27-25-40(26-28-44)41-33-35-49(36-34-41)61(51-17-8-15-48(38-51)55-22-10-24-59-60(55)56-20-5-6-23-58(56)62-59)50-16-7-14-46(37-50)47-32-31-45-30-29-43-12-2-4-19-54(43)57(45)39-47/h1-39H. The number of nitrogens with zero attached hydrogens (tertiary/aromatic N) is 1. The molecule has 290 valence electrons. The first-order valence-corrected chi connectivity index (χ1v) is 21.2. The molecule has 0 atom stereocenters. The monoisotopic (exact) mass is 789 g/mol. The highest BCUT2D eigenvalue weighted by atomic mass is 16.3. The highest BCUT2D eigenvalue weighted by Gasteiger charge is 2.18. The van der Waals surface area contributed by atoms with Crippen molar-refractivity contribution < 1.29 is 4.42 Å². The predicted octanol–water partition coefficient (Wildman–Crippen LogP) is 17.2. The van der Waals surface area contributed by atoms with Gasteiger partial charge in [-0.2, -0.15) is 0 Å². The summed E-state index contributed by atoms with van der Waals surface area (Å²) >= 11 is 0. The van der Waals surface area contributed by atoms with Gasteiger partial charge in [-0.05, 0) is 131 Å². The zero-order valence-electron chi connectivity index (χ0n) is 33.9. The summed E-state index contributed by atoms with van der Waals surface area (Å²) in [6, 6.07) is 85.5. The molecule has 2 nitrogen and oxygen atoms in total. The molecule has 0 unspecified atom stereocenters. The summed E-state index contributed by atoms with van der Waals surface area (Å²) in [5.41, 5.74) is 14.5. The second-order valence-electron chi connectivity index (χ2n) is 16.1. The molecule has 0 spiro atoms. The molecular weight excluding hydrogens is 751 g/mol. The molecule has 0 fully saturated rings. The smallest absolute Gasteiger partial charge is 0.136 e. The van der Waals surface area contributed by atoms with Gasteiger partial charge < -0.3 is 9.32 Å². The molecule has 12 rings (SSSR count). The molecule has 0 aliphatic rings. The van der Waals surface area contributed by atoms with Crippen LogP contribution in [0.1, 0.15) is 0 Å². The summed E-state index contributed by atoms with van der Waals surface area (Å²) < 4.78 is 6.32. The molecule has 62 heavy (non-hydrogen) atoms. The number of anilines is 3. The SMILES string of the molecule is c1cc(-c2ccc3ccc4ccccc4c3c2)cc(N(c2ccc(-c3ccc(-c4cccc5ccccc45)cc3)cc2)c2cccc(-c3cccc4oc5ccccc5c34)c2)c1. The number of hydrogen-bond acceptors (Lipinski definition) is 2. The van der Waals surface area contributed by atoms with E-state index < -0.39 is 0 Å². The molecule has 0 aliphatic heterocycles. The summed E-state index contributed by atoms with van der Waals surface area (Å²) in [5, 5.41) is 9.80. The third-order valence-electron chi connectivity index (χ3n) is 12.4. The van der Waals surface area contributed by atoms with Crippen molar-refractivity contribution in [2.75, 3.05) is 4.90 Å². The van der Waals surface area contributed by atoms with Crippen LogP contribution in [0.25, 0.3) is 98.8 Å². The van der Waals surface area contributed by atoms with E-state index in [1.165, 1.54) is 60.1 Å². The van der Waals surface area contributed by atoms with Gasteiger partial charge in [-0.3, -0.25) is 0 Å². The number of rotatable bonds is 7. The van der Waals surface area contributed by atoms with Crippen LogP contribution in [-0.4, -0.2) is 0 Å². The fraction of sp³-hybridized carbons (Fsp3) is 0. The van der Waals surface area contributed by atoms with E-state index >= 15 is 0 Å². The van der Waals surface area contributed by atoms with Crippen LogP contribution in [0.3, 0.4) is 0 Å². The second kappa shape index (κ2) is 14.8. The number of hydrogen-bond donors (Lipinski definition) is 0. The van der Waals surface area contributed by atoms with Crippen LogP contribution >= 0.6 is 0 Å². The summed E-state index contributed by atoms with van der Waals surface area (Å²) in [5.74, 6) is 0. The molecule has 11 aromatic carbocycles. The first-order chi connectivity index (χ1) is 30.7. The van der Waals surface area contributed by atoms with E-state index in [2.05, 4.69) is 229 Å². The van der Waals surface area contributed by atoms with Gasteiger partial charge in [0.2, 0.25) is 0 Å².